The second kappa shape index (κ2) is 9.41. The first-order valence-electron chi connectivity index (χ1n) is 11.0. The van der Waals surface area contributed by atoms with Crippen LogP contribution in [-0.2, 0) is 24.3 Å². The molecule has 2 aromatic carbocycles. The van der Waals surface area contributed by atoms with E-state index in [1.807, 2.05) is 24.3 Å². The van der Waals surface area contributed by atoms with Crippen LogP contribution in [0, 0.1) is 0 Å². The number of hydrogen-bond acceptors (Lipinski definition) is 6. The second-order valence-corrected chi connectivity index (χ2v) is 10.9. The number of thiol groups is 1. The van der Waals surface area contributed by atoms with Crippen LogP contribution in [0.15, 0.2) is 47.4 Å². The van der Waals surface area contributed by atoms with E-state index in [0.29, 0.717) is 6.42 Å². The number of carbonyl (C=O) groups is 2. The Morgan fingerprint density at radius 2 is 1.88 bits per heavy atom. The van der Waals surface area contributed by atoms with Gasteiger partial charge in [0.1, 0.15) is 6.04 Å². The molecule has 1 heterocycles. The Morgan fingerprint density at radius 3 is 2.56 bits per heavy atom. The lowest BCUT2D eigenvalue weighted by Gasteiger charge is -2.30. The van der Waals surface area contributed by atoms with Crippen LogP contribution in [0.4, 0.5) is 0 Å². The average molecular weight is 477 g/mol. The van der Waals surface area contributed by atoms with Crippen LogP contribution < -0.4 is 0 Å². The molecule has 2 aliphatic rings. The van der Waals surface area contributed by atoms with Crippen LogP contribution in [0.1, 0.15) is 32.6 Å². The van der Waals surface area contributed by atoms with E-state index < -0.39 is 16.1 Å². The summed E-state index contributed by atoms with van der Waals surface area (Å²) in [7, 11) is -3.89. The van der Waals surface area contributed by atoms with Crippen LogP contribution in [0.3, 0.4) is 0 Å². The van der Waals surface area contributed by atoms with Gasteiger partial charge >= 0.3 is 5.97 Å². The molecule has 4 rings (SSSR count). The summed E-state index contributed by atoms with van der Waals surface area (Å²) in [5, 5.41) is 1.55. The molecular formula is C23H28N2O5S2. The number of amides is 1. The van der Waals surface area contributed by atoms with Gasteiger partial charge in [-0.15, -0.1) is 0 Å². The van der Waals surface area contributed by atoms with Gasteiger partial charge in [0.15, 0.2) is 0 Å². The number of ether oxygens (including phenoxy) is 1. The fourth-order valence-corrected chi connectivity index (χ4v) is 6.39. The summed E-state index contributed by atoms with van der Waals surface area (Å²) < 4.78 is 33.4. The molecule has 172 valence electrons. The third-order valence-electron chi connectivity index (χ3n) is 5.98. The van der Waals surface area contributed by atoms with Gasteiger partial charge < -0.3 is 9.64 Å². The Morgan fingerprint density at radius 1 is 1.16 bits per heavy atom. The van der Waals surface area contributed by atoms with Crippen molar-refractivity contribution in [1.29, 1.82) is 0 Å². The van der Waals surface area contributed by atoms with E-state index in [-0.39, 0.29) is 54.2 Å². The summed E-state index contributed by atoms with van der Waals surface area (Å²) >= 11 is 4.51. The van der Waals surface area contributed by atoms with Gasteiger partial charge in [-0.3, -0.25) is 9.59 Å². The summed E-state index contributed by atoms with van der Waals surface area (Å²) in [4.78, 5) is 27.1. The molecule has 2 unspecified atom stereocenters. The zero-order chi connectivity index (χ0) is 22.9. The Balaban J connectivity index is 1.58. The van der Waals surface area contributed by atoms with Crippen LogP contribution in [-0.4, -0.2) is 66.5 Å². The third kappa shape index (κ3) is 4.79. The lowest BCUT2D eigenvalue weighted by molar-refractivity contribution is -0.144. The van der Waals surface area contributed by atoms with Crippen molar-refractivity contribution >= 4 is 45.3 Å². The van der Waals surface area contributed by atoms with E-state index in [1.165, 1.54) is 4.31 Å². The molecule has 1 aliphatic heterocycles. The summed E-state index contributed by atoms with van der Waals surface area (Å²) in [6.07, 6.45) is 2.17. The van der Waals surface area contributed by atoms with E-state index in [1.54, 1.807) is 30.0 Å². The Kier molecular flexibility index (Phi) is 6.78. The first-order valence-corrected chi connectivity index (χ1v) is 12.9. The molecule has 2 fully saturated rings. The lowest BCUT2D eigenvalue weighted by atomic mass is 10.1. The van der Waals surface area contributed by atoms with Crippen molar-refractivity contribution in [1.82, 2.24) is 9.21 Å². The number of benzene rings is 2. The molecule has 1 saturated heterocycles. The monoisotopic (exact) mass is 476 g/mol. The van der Waals surface area contributed by atoms with Crippen LogP contribution in [0.5, 0.6) is 0 Å². The van der Waals surface area contributed by atoms with E-state index >= 15 is 0 Å². The standard InChI is InChI=1S/C23H28N2O5S2/c1-2-30-22(26)11-12-24(18-8-9-18)23(27)21-14-19(31)15-25(21)32(28,29)20-10-7-16-5-3-4-6-17(16)13-20/h3-7,10,13,18-19,21,31H,2,8-9,11-12,14-15H2,1H3. The first kappa shape index (κ1) is 23.1. The number of nitrogens with zero attached hydrogens (tertiary/aromatic N) is 2. The smallest absolute Gasteiger partial charge is 0.307 e. The number of carbonyl (C=O) groups excluding carboxylic acids is 2. The van der Waals surface area contributed by atoms with Gasteiger partial charge in [-0.25, -0.2) is 8.42 Å². The molecule has 0 radical (unpaired) electrons. The molecule has 0 bridgehead atoms. The van der Waals surface area contributed by atoms with Crippen molar-refractivity contribution in [2.45, 2.75) is 54.8 Å². The molecule has 2 aromatic rings. The minimum Gasteiger partial charge on any atom is -0.466 e. The molecule has 1 amide bonds. The molecule has 1 saturated carbocycles. The van der Waals surface area contributed by atoms with Crippen molar-refractivity contribution in [2.75, 3.05) is 19.7 Å². The Bertz CT molecular complexity index is 1120. The summed E-state index contributed by atoms with van der Waals surface area (Å²) in [6, 6.07) is 11.8. The van der Waals surface area contributed by atoms with Crippen LogP contribution >= 0.6 is 12.6 Å². The highest BCUT2D eigenvalue weighted by Crippen LogP contribution is 2.34. The largest absolute Gasteiger partial charge is 0.466 e. The number of esters is 1. The highest BCUT2D eigenvalue weighted by molar-refractivity contribution is 7.89. The lowest BCUT2D eigenvalue weighted by Crippen LogP contribution is -2.49. The summed E-state index contributed by atoms with van der Waals surface area (Å²) in [5.74, 6) is -0.609. The van der Waals surface area contributed by atoms with Crippen LogP contribution in [0.2, 0.25) is 0 Å². The van der Waals surface area contributed by atoms with Gasteiger partial charge in [0.05, 0.1) is 17.9 Å². The highest BCUT2D eigenvalue weighted by Gasteiger charge is 2.46. The van der Waals surface area contributed by atoms with Gasteiger partial charge in [0, 0.05) is 24.4 Å². The van der Waals surface area contributed by atoms with Crippen molar-refractivity contribution in [3.05, 3.63) is 42.5 Å². The Labute approximate surface area is 194 Å². The summed E-state index contributed by atoms with van der Waals surface area (Å²) in [6.45, 7) is 2.44. The highest BCUT2D eigenvalue weighted by atomic mass is 32.2. The molecule has 7 nitrogen and oxygen atoms in total. The number of fused-ring (bicyclic) bond motifs is 1. The minimum atomic E-state index is -3.89. The summed E-state index contributed by atoms with van der Waals surface area (Å²) in [5.41, 5.74) is 0. The van der Waals surface area contributed by atoms with Crippen LogP contribution in [0.25, 0.3) is 10.8 Å². The quantitative estimate of drug-likeness (QED) is 0.468. The average Bonchev–Trinajstić information content (AvgIpc) is 3.53. The fourth-order valence-electron chi connectivity index (χ4n) is 4.23. The first-order chi connectivity index (χ1) is 15.3. The zero-order valence-corrected chi connectivity index (χ0v) is 19.7. The minimum absolute atomic E-state index is 0.0566. The Hall–Kier alpha value is -2.10. The van der Waals surface area contributed by atoms with E-state index in [2.05, 4.69) is 12.6 Å². The maximum Gasteiger partial charge on any atom is 0.307 e. The molecular weight excluding hydrogens is 448 g/mol. The van der Waals surface area contributed by atoms with Gasteiger partial charge in [0.2, 0.25) is 15.9 Å². The van der Waals surface area contributed by atoms with Crippen molar-refractivity contribution in [3.63, 3.8) is 0 Å². The number of rotatable bonds is 8. The van der Waals surface area contributed by atoms with Gasteiger partial charge in [-0.2, -0.15) is 16.9 Å². The van der Waals surface area contributed by atoms with E-state index in [9.17, 15) is 18.0 Å². The predicted molar refractivity (Wildman–Crippen MR) is 125 cm³/mol. The van der Waals surface area contributed by atoms with E-state index in [4.69, 9.17) is 4.74 Å². The van der Waals surface area contributed by atoms with Crippen molar-refractivity contribution < 1.29 is 22.7 Å². The van der Waals surface area contributed by atoms with Crippen molar-refractivity contribution in [3.8, 4) is 0 Å². The van der Waals surface area contributed by atoms with Gasteiger partial charge in [-0.1, -0.05) is 30.3 Å². The molecule has 1 aliphatic carbocycles. The SMILES string of the molecule is CCOC(=O)CCN(C(=O)C1CC(S)CN1S(=O)(=O)c1ccc2ccccc2c1)C1CC1. The zero-order valence-electron chi connectivity index (χ0n) is 18.0. The molecule has 0 N–H and O–H groups in total. The molecule has 9 heteroatoms. The molecule has 0 spiro atoms. The fraction of sp³-hybridized carbons (Fsp3) is 0.478. The normalized spacial score (nSPS) is 21.6. The number of sulfonamides is 1. The third-order valence-corrected chi connectivity index (χ3v) is 8.22. The van der Waals surface area contributed by atoms with E-state index in [0.717, 1.165) is 23.6 Å². The maximum atomic E-state index is 13.5. The molecule has 32 heavy (non-hydrogen) atoms. The topological polar surface area (TPSA) is 84.0 Å². The molecule has 2 atom stereocenters. The van der Waals surface area contributed by atoms with Gasteiger partial charge in [-0.05, 0) is 49.1 Å². The maximum absolute atomic E-state index is 13.5. The predicted octanol–water partition coefficient (Wildman–Crippen LogP) is 2.85. The van der Waals surface area contributed by atoms with Crippen molar-refractivity contribution in [2.24, 2.45) is 0 Å². The van der Waals surface area contributed by atoms with Gasteiger partial charge in [0.25, 0.3) is 0 Å². The number of hydrogen-bond donors (Lipinski definition) is 1. The molecule has 0 aromatic heterocycles. The second-order valence-electron chi connectivity index (χ2n) is 8.31.